The quantitative estimate of drug-likeness (QED) is 0.702. The summed E-state index contributed by atoms with van der Waals surface area (Å²) in [4.78, 5) is 18.1. The number of hydrogen-bond acceptors (Lipinski definition) is 4. The molecule has 1 heterocycles. The minimum Gasteiger partial charge on any atom is -0.476 e. The van der Waals surface area contributed by atoms with Crippen LogP contribution >= 0.6 is 0 Å². The number of carboxylic acid groups (broad SMARTS) is 1. The minimum absolute atomic E-state index is 0.0725. The van der Waals surface area contributed by atoms with Crippen molar-refractivity contribution in [3.05, 3.63) is 30.2 Å². The highest BCUT2D eigenvalue weighted by Crippen LogP contribution is 2.02. The summed E-state index contributed by atoms with van der Waals surface area (Å²) in [6, 6.07) is 0. The van der Waals surface area contributed by atoms with E-state index in [-0.39, 0.29) is 5.69 Å². The third kappa shape index (κ3) is 2.85. The fourth-order valence-corrected chi connectivity index (χ4v) is 0.796. The number of nitrogens with zero attached hydrogens (tertiary/aromatic N) is 2. The number of anilines is 1. The lowest BCUT2D eigenvalue weighted by Gasteiger charge is -2.04. The SMILES string of the molecule is C=C(C)CNc1cncc(C(=O)O)n1. The lowest BCUT2D eigenvalue weighted by atomic mass is 10.3. The van der Waals surface area contributed by atoms with Crippen LogP contribution in [-0.2, 0) is 0 Å². The standard InChI is InChI=1S/C9H11N3O2/c1-6(2)3-11-8-5-10-4-7(12-8)9(13)14/h4-5H,1,3H2,2H3,(H,11,12)(H,13,14). The van der Waals surface area contributed by atoms with Gasteiger partial charge >= 0.3 is 5.97 Å². The van der Waals surface area contributed by atoms with Crippen LogP contribution in [0.2, 0.25) is 0 Å². The largest absolute Gasteiger partial charge is 0.476 e. The fourth-order valence-electron chi connectivity index (χ4n) is 0.796. The van der Waals surface area contributed by atoms with Crippen LogP contribution in [0.1, 0.15) is 17.4 Å². The van der Waals surface area contributed by atoms with Crippen LogP contribution in [0.3, 0.4) is 0 Å². The molecule has 0 radical (unpaired) electrons. The van der Waals surface area contributed by atoms with Crippen molar-refractivity contribution in [3.8, 4) is 0 Å². The van der Waals surface area contributed by atoms with Crippen molar-refractivity contribution in [2.75, 3.05) is 11.9 Å². The second-order valence-electron chi connectivity index (χ2n) is 2.91. The number of aromatic nitrogens is 2. The molecule has 74 valence electrons. The van der Waals surface area contributed by atoms with Gasteiger partial charge in [-0.15, -0.1) is 0 Å². The van der Waals surface area contributed by atoms with Gasteiger partial charge in [0.15, 0.2) is 5.69 Å². The molecular formula is C9H11N3O2. The predicted octanol–water partition coefficient (Wildman–Crippen LogP) is 1.16. The molecule has 1 aromatic rings. The summed E-state index contributed by atoms with van der Waals surface area (Å²) in [6.45, 7) is 6.12. The van der Waals surface area contributed by atoms with E-state index < -0.39 is 5.97 Å². The van der Waals surface area contributed by atoms with E-state index in [0.717, 1.165) is 5.57 Å². The molecule has 0 fully saturated rings. The highest BCUT2D eigenvalue weighted by atomic mass is 16.4. The summed E-state index contributed by atoms with van der Waals surface area (Å²) >= 11 is 0. The van der Waals surface area contributed by atoms with Crippen LogP contribution in [0.5, 0.6) is 0 Å². The first kappa shape index (κ1) is 10.2. The molecule has 5 heteroatoms. The van der Waals surface area contributed by atoms with Crippen molar-refractivity contribution in [3.63, 3.8) is 0 Å². The van der Waals surface area contributed by atoms with E-state index in [2.05, 4.69) is 21.9 Å². The van der Waals surface area contributed by atoms with E-state index in [9.17, 15) is 4.79 Å². The predicted molar refractivity (Wildman–Crippen MR) is 52.3 cm³/mol. The zero-order valence-electron chi connectivity index (χ0n) is 7.82. The second-order valence-corrected chi connectivity index (χ2v) is 2.91. The molecule has 0 aliphatic carbocycles. The zero-order chi connectivity index (χ0) is 10.6. The Kier molecular flexibility index (Phi) is 3.17. The molecule has 0 unspecified atom stereocenters. The van der Waals surface area contributed by atoms with Crippen LogP contribution in [0.25, 0.3) is 0 Å². The average Bonchev–Trinajstić information content (AvgIpc) is 2.15. The molecule has 0 atom stereocenters. The van der Waals surface area contributed by atoms with E-state index >= 15 is 0 Å². The summed E-state index contributed by atoms with van der Waals surface area (Å²) in [7, 11) is 0. The first-order valence-corrected chi connectivity index (χ1v) is 4.03. The van der Waals surface area contributed by atoms with Gasteiger partial charge in [-0.25, -0.2) is 9.78 Å². The third-order valence-electron chi connectivity index (χ3n) is 1.42. The number of nitrogens with one attached hydrogen (secondary N) is 1. The molecular weight excluding hydrogens is 182 g/mol. The smallest absolute Gasteiger partial charge is 0.356 e. The Morgan fingerprint density at radius 1 is 1.64 bits per heavy atom. The Balaban J connectivity index is 2.73. The van der Waals surface area contributed by atoms with Crippen LogP contribution in [-0.4, -0.2) is 27.6 Å². The van der Waals surface area contributed by atoms with Gasteiger partial charge in [-0.2, -0.15) is 0 Å². The minimum atomic E-state index is -1.09. The first-order chi connectivity index (χ1) is 6.59. The van der Waals surface area contributed by atoms with Gasteiger partial charge in [-0.1, -0.05) is 12.2 Å². The number of carboxylic acids is 1. The molecule has 1 aromatic heterocycles. The van der Waals surface area contributed by atoms with Crippen molar-refractivity contribution >= 4 is 11.8 Å². The molecule has 0 aliphatic rings. The monoisotopic (exact) mass is 193 g/mol. The summed E-state index contributed by atoms with van der Waals surface area (Å²) in [5.74, 6) is -0.649. The lowest BCUT2D eigenvalue weighted by Crippen LogP contribution is -2.08. The zero-order valence-corrected chi connectivity index (χ0v) is 7.82. The van der Waals surface area contributed by atoms with Crippen LogP contribution in [0.4, 0.5) is 5.82 Å². The summed E-state index contributed by atoms with van der Waals surface area (Å²) < 4.78 is 0. The van der Waals surface area contributed by atoms with Crippen LogP contribution < -0.4 is 5.32 Å². The molecule has 0 saturated heterocycles. The summed E-state index contributed by atoms with van der Waals surface area (Å²) in [5, 5.41) is 11.5. The molecule has 0 amide bonds. The molecule has 0 aliphatic heterocycles. The maximum absolute atomic E-state index is 10.5. The van der Waals surface area contributed by atoms with Crippen LogP contribution in [0.15, 0.2) is 24.5 Å². The van der Waals surface area contributed by atoms with Gasteiger partial charge in [-0.3, -0.25) is 4.98 Å². The molecule has 0 saturated carbocycles. The van der Waals surface area contributed by atoms with E-state index in [1.165, 1.54) is 12.4 Å². The van der Waals surface area contributed by atoms with Crippen LogP contribution in [0, 0.1) is 0 Å². The molecule has 1 rings (SSSR count). The Morgan fingerprint density at radius 3 is 2.93 bits per heavy atom. The number of carbonyl (C=O) groups is 1. The van der Waals surface area contributed by atoms with Gasteiger partial charge in [0.05, 0.1) is 12.4 Å². The van der Waals surface area contributed by atoms with Gasteiger partial charge in [0.1, 0.15) is 5.82 Å². The fraction of sp³-hybridized carbons (Fsp3) is 0.222. The van der Waals surface area contributed by atoms with E-state index in [1.807, 2.05) is 6.92 Å². The molecule has 0 aromatic carbocycles. The normalized spacial score (nSPS) is 9.50. The van der Waals surface area contributed by atoms with Crippen molar-refractivity contribution in [2.24, 2.45) is 0 Å². The Hall–Kier alpha value is -1.91. The first-order valence-electron chi connectivity index (χ1n) is 4.03. The Morgan fingerprint density at radius 2 is 2.36 bits per heavy atom. The third-order valence-corrected chi connectivity index (χ3v) is 1.42. The second kappa shape index (κ2) is 4.36. The maximum Gasteiger partial charge on any atom is 0.356 e. The molecule has 0 bridgehead atoms. The van der Waals surface area contributed by atoms with E-state index in [0.29, 0.717) is 12.4 Å². The van der Waals surface area contributed by atoms with Crippen molar-refractivity contribution in [1.29, 1.82) is 0 Å². The Bertz CT molecular complexity index is 363. The van der Waals surface area contributed by atoms with Gasteiger partial charge < -0.3 is 10.4 Å². The Labute approximate surface area is 81.5 Å². The number of aromatic carboxylic acids is 1. The molecule has 14 heavy (non-hydrogen) atoms. The van der Waals surface area contributed by atoms with E-state index in [4.69, 9.17) is 5.11 Å². The van der Waals surface area contributed by atoms with Crippen molar-refractivity contribution in [1.82, 2.24) is 9.97 Å². The lowest BCUT2D eigenvalue weighted by molar-refractivity contribution is 0.0690. The van der Waals surface area contributed by atoms with Crippen molar-refractivity contribution < 1.29 is 9.90 Å². The molecule has 0 spiro atoms. The number of hydrogen-bond donors (Lipinski definition) is 2. The average molecular weight is 193 g/mol. The summed E-state index contributed by atoms with van der Waals surface area (Å²) in [6.07, 6.45) is 2.67. The highest BCUT2D eigenvalue weighted by Gasteiger charge is 2.05. The van der Waals surface area contributed by atoms with E-state index in [1.54, 1.807) is 0 Å². The number of rotatable bonds is 4. The van der Waals surface area contributed by atoms with Gasteiger partial charge in [-0.05, 0) is 6.92 Å². The van der Waals surface area contributed by atoms with Gasteiger partial charge in [0.25, 0.3) is 0 Å². The molecule has 5 nitrogen and oxygen atoms in total. The van der Waals surface area contributed by atoms with Gasteiger partial charge in [0.2, 0.25) is 0 Å². The summed E-state index contributed by atoms with van der Waals surface area (Å²) in [5.41, 5.74) is 0.865. The molecule has 2 N–H and O–H groups in total. The van der Waals surface area contributed by atoms with Crippen molar-refractivity contribution in [2.45, 2.75) is 6.92 Å². The van der Waals surface area contributed by atoms with Gasteiger partial charge in [0, 0.05) is 6.54 Å². The maximum atomic E-state index is 10.5. The topological polar surface area (TPSA) is 75.1 Å². The highest BCUT2D eigenvalue weighted by molar-refractivity contribution is 5.85.